The van der Waals surface area contributed by atoms with Crippen LogP contribution in [-0.2, 0) is 16.1 Å². The van der Waals surface area contributed by atoms with Gasteiger partial charge in [0.15, 0.2) is 5.65 Å². The fourth-order valence-corrected chi connectivity index (χ4v) is 3.33. The van der Waals surface area contributed by atoms with Gasteiger partial charge < -0.3 is 9.64 Å². The topological polar surface area (TPSA) is 82.2 Å². The van der Waals surface area contributed by atoms with Crippen molar-refractivity contribution in [2.24, 2.45) is 0 Å². The summed E-state index contributed by atoms with van der Waals surface area (Å²) in [7, 11) is 0. The number of carbonyl (C=O) groups is 1. The van der Waals surface area contributed by atoms with Crippen LogP contribution in [0.25, 0.3) is 16.7 Å². The normalized spacial score (nSPS) is 17.4. The summed E-state index contributed by atoms with van der Waals surface area (Å²) in [6.07, 6.45) is 2.94. The number of morpholine rings is 1. The van der Waals surface area contributed by atoms with Crippen molar-refractivity contribution in [3.05, 3.63) is 52.7 Å². The van der Waals surface area contributed by atoms with Gasteiger partial charge in [-0.2, -0.15) is 5.10 Å². The number of fused-ring (bicyclic) bond motifs is 1. The molecule has 0 saturated carbocycles. The molecule has 0 bridgehead atoms. The molecule has 1 saturated heterocycles. The molecule has 8 nitrogen and oxygen atoms in total. The lowest BCUT2D eigenvalue weighted by molar-refractivity contribution is -0.138. The number of nitrogens with zero attached hydrogens (tertiary/aromatic N) is 5. The molecule has 2 aromatic heterocycles. The number of aromatic nitrogens is 4. The maximum Gasteiger partial charge on any atom is 0.264 e. The summed E-state index contributed by atoms with van der Waals surface area (Å²) < 4.78 is 8.46. The van der Waals surface area contributed by atoms with Crippen LogP contribution in [0.5, 0.6) is 0 Å². The minimum atomic E-state index is -0.269. The van der Waals surface area contributed by atoms with Crippen LogP contribution in [0.2, 0.25) is 0 Å². The first kappa shape index (κ1) is 17.4. The third-order valence-electron chi connectivity index (χ3n) is 4.80. The summed E-state index contributed by atoms with van der Waals surface area (Å²) in [5, 5.41) is 4.73. The van der Waals surface area contributed by atoms with Crippen LogP contribution in [0.15, 0.2) is 41.6 Å². The van der Waals surface area contributed by atoms with Crippen molar-refractivity contribution < 1.29 is 9.53 Å². The molecule has 1 amide bonds. The molecule has 0 spiro atoms. The van der Waals surface area contributed by atoms with E-state index in [0.29, 0.717) is 30.7 Å². The predicted octanol–water partition coefficient (Wildman–Crippen LogP) is 1.14. The number of para-hydroxylation sites is 1. The second-order valence-electron chi connectivity index (χ2n) is 6.78. The van der Waals surface area contributed by atoms with E-state index in [1.807, 2.05) is 38.1 Å². The van der Waals surface area contributed by atoms with Gasteiger partial charge in [0.25, 0.3) is 5.56 Å². The van der Waals surface area contributed by atoms with E-state index >= 15 is 0 Å². The van der Waals surface area contributed by atoms with Gasteiger partial charge >= 0.3 is 0 Å². The fraction of sp³-hybridized carbons (Fsp3) is 0.368. The zero-order valence-corrected chi connectivity index (χ0v) is 15.3. The minimum Gasteiger partial charge on any atom is -0.375 e. The third-order valence-corrected chi connectivity index (χ3v) is 4.80. The predicted molar refractivity (Wildman–Crippen MR) is 99.9 cm³/mol. The molecule has 4 rings (SSSR count). The molecule has 0 unspecified atom stereocenters. The summed E-state index contributed by atoms with van der Waals surface area (Å²) in [6, 6.07) is 7.77. The van der Waals surface area contributed by atoms with Crippen molar-refractivity contribution in [3.8, 4) is 5.69 Å². The molecular formula is C19H21N5O3. The summed E-state index contributed by atoms with van der Waals surface area (Å²) in [5.74, 6) is -0.111. The number of hydrogen-bond acceptors (Lipinski definition) is 5. The Morgan fingerprint density at radius 1 is 1.33 bits per heavy atom. The molecule has 3 aromatic rings. The van der Waals surface area contributed by atoms with Crippen LogP contribution >= 0.6 is 0 Å². The number of hydrogen-bond donors (Lipinski definition) is 0. The van der Waals surface area contributed by atoms with Gasteiger partial charge in [-0.25, -0.2) is 9.67 Å². The summed E-state index contributed by atoms with van der Waals surface area (Å²) in [4.78, 5) is 31.5. The molecule has 0 N–H and O–H groups in total. The van der Waals surface area contributed by atoms with Gasteiger partial charge in [0.2, 0.25) is 5.91 Å². The van der Waals surface area contributed by atoms with Gasteiger partial charge in [0.05, 0.1) is 24.6 Å². The SMILES string of the molecule is Cc1ccccc1-n1ncc2c(=O)n(CC(=O)N3CCO[C@H](C)C3)cnc21. The maximum absolute atomic E-state index is 12.8. The molecular weight excluding hydrogens is 346 g/mol. The van der Waals surface area contributed by atoms with E-state index in [-0.39, 0.29) is 24.1 Å². The number of rotatable bonds is 3. The Labute approximate surface area is 156 Å². The summed E-state index contributed by atoms with van der Waals surface area (Å²) >= 11 is 0. The Morgan fingerprint density at radius 2 is 2.15 bits per heavy atom. The van der Waals surface area contributed by atoms with Gasteiger partial charge in [0.1, 0.15) is 18.3 Å². The molecule has 1 aromatic carbocycles. The van der Waals surface area contributed by atoms with Crippen LogP contribution in [0.4, 0.5) is 0 Å². The molecule has 8 heteroatoms. The molecule has 1 fully saturated rings. The number of aryl methyl sites for hydroxylation is 1. The van der Waals surface area contributed by atoms with Gasteiger partial charge in [0, 0.05) is 13.1 Å². The van der Waals surface area contributed by atoms with Crippen LogP contribution in [0, 0.1) is 6.92 Å². The van der Waals surface area contributed by atoms with E-state index in [1.54, 1.807) is 9.58 Å². The highest BCUT2D eigenvalue weighted by Crippen LogP contribution is 2.17. The maximum atomic E-state index is 12.8. The van der Waals surface area contributed by atoms with Gasteiger partial charge in [-0.3, -0.25) is 14.2 Å². The summed E-state index contributed by atoms with van der Waals surface area (Å²) in [5.41, 5.74) is 2.12. The van der Waals surface area contributed by atoms with Gasteiger partial charge in [-0.15, -0.1) is 0 Å². The second kappa shape index (κ2) is 6.96. The Morgan fingerprint density at radius 3 is 2.93 bits per heavy atom. The highest BCUT2D eigenvalue weighted by Gasteiger charge is 2.22. The van der Waals surface area contributed by atoms with E-state index < -0.39 is 0 Å². The molecule has 1 atom stereocenters. The van der Waals surface area contributed by atoms with E-state index in [9.17, 15) is 9.59 Å². The van der Waals surface area contributed by atoms with Crippen LogP contribution in [0.3, 0.4) is 0 Å². The molecule has 0 aliphatic carbocycles. The number of amides is 1. The summed E-state index contributed by atoms with van der Waals surface area (Å²) in [6.45, 7) is 5.46. The quantitative estimate of drug-likeness (QED) is 0.693. The molecule has 27 heavy (non-hydrogen) atoms. The molecule has 1 aliphatic rings. The van der Waals surface area contributed by atoms with E-state index in [4.69, 9.17) is 4.74 Å². The number of carbonyl (C=O) groups excluding carboxylic acids is 1. The average Bonchev–Trinajstić information content (AvgIpc) is 3.09. The van der Waals surface area contributed by atoms with Crippen molar-refractivity contribution in [1.29, 1.82) is 0 Å². The number of ether oxygens (including phenoxy) is 1. The zero-order valence-electron chi connectivity index (χ0n) is 15.3. The van der Waals surface area contributed by atoms with E-state index in [2.05, 4.69) is 10.1 Å². The van der Waals surface area contributed by atoms with Gasteiger partial charge in [-0.05, 0) is 25.5 Å². The Hall–Kier alpha value is -3.00. The highest BCUT2D eigenvalue weighted by atomic mass is 16.5. The van der Waals surface area contributed by atoms with Crippen molar-refractivity contribution in [2.45, 2.75) is 26.5 Å². The van der Waals surface area contributed by atoms with E-state index in [1.165, 1.54) is 17.1 Å². The van der Waals surface area contributed by atoms with Gasteiger partial charge in [-0.1, -0.05) is 18.2 Å². The van der Waals surface area contributed by atoms with Crippen molar-refractivity contribution in [1.82, 2.24) is 24.2 Å². The van der Waals surface area contributed by atoms with Crippen LogP contribution in [0.1, 0.15) is 12.5 Å². The monoisotopic (exact) mass is 367 g/mol. The fourth-order valence-electron chi connectivity index (χ4n) is 3.33. The second-order valence-corrected chi connectivity index (χ2v) is 6.78. The van der Waals surface area contributed by atoms with E-state index in [0.717, 1.165) is 11.3 Å². The standard InChI is InChI=1S/C19H21N5O3/c1-13-5-3-4-6-16(13)24-18-15(9-21-24)19(26)23(12-20-18)11-17(25)22-7-8-27-14(2)10-22/h3-6,9,12,14H,7-8,10-11H2,1-2H3/t14-/m1/s1. The first-order valence-corrected chi connectivity index (χ1v) is 8.93. The molecule has 0 radical (unpaired) electrons. The van der Waals surface area contributed by atoms with Crippen molar-refractivity contribution >= 4 is 16.9 Å². The number of benzene rings is 1. The first-order valence-electron chi connectivity index (χ1n) is 8.93. The van der Waals surface area contributed by atoms with Crippen LogP contribution in [-0.4, -0.2) is 55.9 Å². The smallest absolute Gasteiger partial charge is 0.264 e. The Bertz CT molecular complexity index is 1050. The van der Waals surface area contributed by atoms with Crippen molar-refractivity contribution in [2.75, 3.05) is 19.7 Å². The molecule has 140 valence electrons. The zero-order chi connectivity index (χ0) is 19.0. The first-order chi connectivity index (χ1) is 13.0. The highest BCUT2D eigenvalue weighted by molar-refractivity contribution is 5.78. The average molecular weight is 367 g/mol. The third kappa shape index (κ3) is 3.23. The molecule has 1 aliphatic heterocycles. The largest absolute Gasteiger partial charge is 0.375 e. The lowest BCUT2D eigenvalue weighted by atomic mass is 10.2. The minimum absolute atomic E-state index is 0.00683. The Balaban J connectivity index is 1.65. The van der Waals surface area contributed by atoms with Crippen LogP contribution < -0.4 is 5.56 Å². The lowest BCUT2D eigenvalue weighted by Crippen LogP contribution is -2.46. The Kier molecular flexibility index (Phi) is 4.49. The lowest BCUT2D eigenvalue weighted by Gasteiger charge is -2.31. The van der Waals surface area contributed by atoms with Crippen molar-refractivity contribution in [3.63, 3.8) is 0 Å². The molecule has 3 heterocycles.